The molecule has 0 bridgehead atoms. The van der Waals surface area contributed by atoms with E-state index in [0.717, 1.165) is 10.5 Å². The van der Waals surface area contributed by atoms with Crippen LogP contribution in [0.2, 0.25) is 0 Å². The predicted molar refractivity (Wildman–Crippen MR) is 63.9 cm³/mol. The van der Waals surface area contributed by atoms with Gasteiger partial charge in [-0.3, -0.25) is 9.69 Å². The van der Waals surface area contributed by atoms with Gasteiger partial charge in [0.15, 0.2) is 0 Å². The zero-order valence-corrected chi connectivity index (χ0v) is 10.1. The fourth-order valence-corrected chi connectivity index (χ4v) is 2.42. The van der Waals surface area contributed by atoms with Gasteiger partial charge in [0.05, 0.1) is 12.6 Å². The van der Waals surface area contributed by atoms with Gasteiger partial charge in [-0.05, 0) is 5.56 Å². The summed E-state index contributed by atoms with van der Waals surface area (Å²) in [6.45, 7) is 0.0217. The maximum Gasteiger partial charge on any atom is 0.410 e. The molecule has 0 radical (unpaired) electrons. The Bertz CT molecular complexity index is 508. The molecule has 2 aliphatic heterocycles. The predicted octanol–water partition coefficient (Wildman–Crippen LogP) is 0.844. The van der Waals surface area contributed by atoms with Crippen LogP contribution in [0.25, 0.3) is 0 Å². The number of benzene rings is 1. The molecule has 2 aliphatic rings. The first-order valence-electron chi connectivity index (χ1n) is 6.08. The summed E-state index contributed by atoms with van der Waals surface area (Å²) >= 11 is 0. The minimum Gasteiger partial charge on any atom is -0.445 e. The Labute approximate surface area is 109 Å². The third-order valence-electron chi connectivity index (χ3n) is 3.45. The van der Waals surface area contributed by atoms with Crippen LogP contribution in [-0.4, -0.2) is 41.7 Å². The summed E-state index contributed by atoms with van der Waals surface area (Å²) in [5.41, 5.74) is 0.849. The van der Waals surface area contributed by atoms with Crippen molar-refractivity contribution in [2.45, 2.75) is 24.9 Å². The van der Waals surface area contributed by atoms with Crippen molar-refractivity contribution in [3.05, 3.63) is 35.9 Å². The summed E-state index contributed by atoms with van der Waals surface area (Å²) < 4.78 is 18.6. The van der Waals surface area contributed by atoms with Gasteiger partial charge in [-0.15, -0.1) is 0 Å². The lowest BCUT2D eigenvalue weighted by Gasteiger charge is -2.34. The summed E-state index contributed by atoms with van der Waals surface area (Å²) in [4.78, 5) is 24.3. The largest absolute Gasteiger partial charge is 0.445 e. The Kier molecular flexibility index (Phi) is 2.85. The second-order valence-electron chi connectivity index (χ2n) is 4.69. The number of hydrogen-bond acceptors (Lipinski definition) is 3. The number of rotatable bonds is 2. The summed E-state index contributed by atoms with van der Waals surface area (Å²) in [5, 5.41) is 2.45. The minimum atomic E-state index is -1.22. The van der Waals surface area contributed by atoms with Crippen molar-refractivity contribution >= 4 is 12.0 Å². The zero-order chi connectivity index (χ0) is 13.4. The highest BCUT2D eigenvalue weighted by molar-refractivity contribution is 5.93. The fraction of sp³-hybridized carbons (Fsp3) is 0.385. The van der Waals surface area contributed by atoms with Gasteiger partial charge in [0, 0.05) is 0 Å². The molecule has 19 heavy (non-hydrogen) atoms. The number of halogens is 1. The van der Waals surface area contributed by atoms with Gasteiger partial charge in [-0.2, -0.15) is 0 Å². The number of alkyl halides is 1. The van der Waals surface area contributed by atoms with Crippen LogP contribution in [0.3, 0.4) is 0 Å². The Hall–Kier alpha value is -2.11. The maximum absolute atomic E-state index is 13.5. The third-order valence-corrected chi connectivity index (χ3v) is 3.45. The highest BCUT2D eigenvalue weighted by Gasteiger charge is 2.56. The molecule has 1 aromatic carbocycles. The highest BCUT2D eigenvalue weighted by atomic mass is 19.1. The van der Waals surface area contributed by atoms with Gasteiger partial charge in [0.2, 0.25) is 5.91 Å². The van der Waals surface area contributed by atoms with Gasteiger partial charge < -0.3 is 10.1 Å². The molecule has 5 nitrogen and oxygen atoms in total. The Morgan fingerprint density at radius 1 is 1.42 bits per heavy atom. The number of β-lactam (4-membered cyclic amide) rings is 1. The first-order chi connectivity index (χ1) is 9.16. The molecule has 3 atom stereocenters. The van der Waals surface area contributed by atoms with Gasteiger partial charge in [0.1, 0.15) is 18.8 Å². The van der Waals surface area contributed by atoms with Crippen LogP contribution in [0.1, 0.15) is 5.56 Å². The second-order valence-corrected chi connectivity index (χ2v) is 4.69. The van der Waals surface area contributed by atoms with E-state index < -0.39 is 24.3 Å². The van der Waals surface area contributed by atoms with Crippen LogP contribution in [0.15, 0.2) is 30.3 Å². The van der Waals surface area contributed by atoms with E-state index in [1.54, 1.807) is 0 Å². The molecule has 3 rings (SSSR count). The average Bonchev–Trinajstić information content (AvgIpc) is 2.68. The molecule has 0 spiro atoms. The van der Waals surface area contributed by atoms with Crippen molar-refractivity contribution in [3.63, 3.8) is 0 Å². The summed E-state index contributed by atoms with van der Waals surface area (Å²) in [5.74, 6) is -0.318. The van der Waals surface area contributed by atoms with E-state index >= 15 is 0 Å². The summed E-state index contributed by atoms with van der Waals surface area (Å²) in [6.07, 6.45) is -1.86. The Balaban J connectivity index is 1.60. The molecule has 2 saturated heterocycles. The van der Waals surface area contributed by atoms with Crippen molar-refractivity contribution in [1.82, 2.24) is 10.2 Å². The number of amides is 2. The first-order valence-corrected chi connectivity index (χ1v) is 6.08. The number of fused-ring (bicyclic) bond motifs is 1. The molecule has 0 aliphatic carbocycles. The average molecular weight is 264 g/mol. The van der Waals surface area contributed by atoms with E-state index in [1.165, 1.54) is 0 Å². The van der Waals surface area contributed by atoms with Crippen molar-refractivity contribution in [1.29, 1.82) is 0 Å². The minimum absolute atomic E-state index is 0.0955. The van der Waals surface area contributed by atoms with Crippen LogP contribution < -0.4 is 5.32 Å². The summed E-state index contributed by atoms with van der Waals surface area (Å²) in [6, 6.07) is 7.92. The lowest BCUT2D eigenvalue weighted by molar-refractivity contribution is -0.134. The number of nitrogens with zero attached hydrogens (tertiary/aromatic N) is 1. The monoisotopic (exact) mass is 264 g/mol. The van der Waals surface area contributed by atoms with Crippen LogP contribution in [0.5, 0.6) is 0 Å². The number of ether oxygens (including phenoxy) is 1. The SMILES string of the molecule is O=C1NC2C(F)CN(C(=O)OCc3ccccc3)C12. The standard InChI is InChI=1S/C13H13FN2O3/c14-9-6-16(11-10(9)15-12(11)17)13(18)19-7-8-4-2-1-3-5-8/h1-5,9-11H,6-7H2,(H,15,17). The van der Waals surface area contributed by atoms with Crippen LogP contribution in [0, 0.1) is 0 Å². The third kappa shape index (κ3) is 2.03. The van der Waals surface area contributed by atoms with E-state index in [0.29, 0.717) is 0 Å². The highest BCUT2D eigenvalue weighted by Crippen LogP contribution is 2.28. The molecule has 1 aromatic rings. The van der Waals surface area contributed by atoms with Crippen LogP contribution in [-0.2, 0) is 16.1 Å². The van der Waals surface area contributed by atoms with E-state index in [2.05, 4.69) is 5.32 Å². The lowest BCUT2D eigenvalue weighted by atomic mass is 9.99. The van der Waals surface area contributed by atoms with Crippen LogP contribution >= 0.6 is 0 Å². The molecule has 2 heterocycles. The van der Waals surface area contributed by atoms with E-state index in [-0.39, 0.29) is 19.1 Å². The van der Waals surface area contributed by atoms with Crippen LogP contribution in [0.4, 0.5) is 9.18 Å². The molecule has 2 amide bonds. The van der Waals surface area contributed by atoms with E-state index in [9.17, 15) is 14.0 Å². The van der Waals surface area contributed by atoms with Gasteiger partial charge in [-0.25, -0.2) is 9.18 Å². The zero-order valence-electron chi connectivity index (χ0n) is 10.1. The summed E-state index contributed by atoms with van der Waals surface area (Å²) in [7, 11) is 0. The number of hydrogen-bond donors (Lipinski definition) is 1. The molecule has 1 N–H and O–H groups in total. The maximum atomic E-state index is 13.5. The lowest BCUT2D eigenvalue weighted by Crippen LogP contribution is -2.66. The topological polar surface area (TPSA) is 58.6 Å². The molecule has 6 heteroatoms. The Morgan fingerprint density at radius 3 is 2.84 bits per heavy atom. The van der Waals surface area contributed by atoms with Crippen molar-refractivity contribution in [3.8, 4) is 0 Å². The molecular weight excluding hydrogens is 251 g/mol. The number of likely N-dealkylation sites (tertiary alicyclic amines) is 1. The number of carbonyl (C=O) groups excluding carboxylic acids is 2. The molecule has 3 unspecified atom stereocenters. The quantitative estimate of drug-likeness (QED) is 0.805. The van der Waals surface area contributed by atoms with Crippen molar-refractivity contribution in [2.24, 2.45) is 0 Å². The van der Waals surface area contributed by atoms with Gasteiger partial charge in [-0.1, -0.05) is 30.3 Å². The van der Waals surface area contributed by atoms with E-state index in [1.807, 2.05) is 30.3 Å². The van der Waals surface area contributed by atoms with E-state index in [4.69, 9.17) is 4.74 Å². The Morgan fingerprint density at radius 2 is 2.16 bits per heavy atom. The first kappa shape index (κ1) is 12.0. The van der Waals surface area contributed by atoms with Crippen molar-refractivity contribution in [2.75, 3.05) is 6.54 Å². The van der Waals surface area contributed by atoms with Gasteiger partial charge >= 0.3 is 6.09 Å². The molecule has 0 saturated carbocycles. The van der Waals surface area contributed by atoms with Gasteiger partial charge in [0.25, 0.3) is 0 Å². The number of nitrogens with one attached hydrogen (secondary N) is 1. The second kappa shape index (κ2) is 4.53. The normalized spacial score (nSPS) is 28.4. The molecule has 2 fully saturated rings. The number of carbonyl (C=O) groups is 2. The molecule has 100 valence electrons. The fourth-order valence-electron chi connectivity index (χ4n) is 2.42. The molecule has 0 aromatic heterocycles. The smallest absolute Gasteiger partial charge is 0.410 e. The van der Waals surface area contributed by atoms with Crippen molar-refractivity contribution < 1.29 is 18.7 Å². The molecular formula is C13H13FN2O3.